The van der Waals surface area contributed by atoms with Crippen LogP contribution in [0.15, 0.2) is 47.6 Å². The molecule has 0 heterocycles. The molecular weight excluding hydrogens is 273 g/mol. The number of hydrogen-bond donors (Lipinski definition) is 0. The van der Waals surface area contributed by atoms with E-state index in [0.717, 1.165) is 11.1 Å². The van der Waals surface area contributed by atoms with E-state index in [0.29, 0.717) is 0 Å². The van der Waals surface area contributed by atoms with Crippen LogP contribution in [0.25, 0.3) is 0 Å². The van der Waals surface area contributed by atoms with E-state index in [9.17, 15) is 4.79 Å². The second-order valence-electron chi connectivity index (χ2n) is 3.13. The van der Waals surface area contributed by atoms with E-state index >= 15 is 0 Å². The van der Waals surface area contributed by atoms with Crippen molar-refractivity contribution >= 4 is 5.78 Å². The molecule has 0 bridgehead atoms. The first-order valence-electron chi connectivity index (χ1n) is 4.76. The Kier molecular flexibility index (Phi) is 10.9. The summed E-state index contributed by atoms with van der Waals surface area (Å²) in [5.74, 6) is 0.0207. The maximum Gasteiger partial charge on any atom is 0.178 e. The number of ketones is 1. The van der Waals surface area contributed by atoms with E-state index in [1.807, 2.05) is 52.0 Å². The topological polar surface area (TPSA) is 17.1 Å². The van der Waals surface area contributed by atoms with Gasteiger partial charge in [-0.1, -0.05) is 35.5 Å². The monoisotopic (exact) mass is 292 g/mol. The van der Waals surface area contributed by atoms with Gasteiger partial charge in [0.15, 0.2) is 5.78 Å². The minimum absolute atomic E-state index is 0. The Hall–Kier alpha value is -0.747. The average molecular weight is 291 g/mol. The molecule has 1 nitrogen and oxygen atoms in total. The minimum atomic E-state index is 0. The summed E-state index contributed by atoms with van der Waals surface area (Å²) in [6, 6.07) is 0. The van der Waals surface area contributed by atoms with Crippen LogP contribution in [0.2, 0.25) is 0 Å². The number of hydrogen-bond acceptors (Lipinski definition) is 1. The van der Waals surface area contributed by atoms with Crippen LogP contribution in [0.1, 0.15) is 27.7 Å². The van der Waals surface area contributed by atoms with Gasteiger partial charge in [-0.2, -0.15) is 0 Å². The smallest absolute Gasteiger partial charge is 0.178 e. The van der Waals surface area contributed by atoms with Gasteiger partial charge in [0.1, 0.15) is 0 Å². The molecule has 0 radical (unpaired) electrons. The van der Waals surface area contributed by atoms with Gasteiger partial charge in [0.25, 0.3) is 0 Å². The third kappa shape index (κ3) is 9.56. The summed E-state index contributed by atoms with van der Waals surface area (Å²) in [6.07, 6.45) is 10.7. The molecule has 84 valence electrons. The molecule has 0 aromatic carbocycles. The summed E-state index contributed by atoms with van der Waals surface area (Å²) in [4.78, 5) is 11.3. The van der Waals surface area contributed by atoms with Crippen molar-refractivity contribution in [1.29, 1.82) is 0 Å². The van der Waals surface area contributed by atoms with E-state index in [1.165, 1.54) is 0 Å². The molecule has 2 heteroatoms. The molecule has 0 aromatic heterocycles. The Morgan fingerprint density at radius 1 is 0.800 bits per heavy atom. The van der Waals surface area contributed by atoms with Crippen molar-refractivity contribution in [3.8, 4) is 0 Å². The van der Waals surface area contributed by atoms with Gasteiger partial charge in [-0.25, -0.2) is 0 Å². The van der Waals surface area contributed by atoms with Gasteiger partial charge in [0, 0.05) is 19.5 Å². The zero-order chi connectivity index (χ0) is 11.0. The second kappa shape index (κ2) is 9.79. The average Bonchev–Trinajstić information content (AvgIpc) is 2.22. The molecule has 0 fully saturated rings. The largest absolute Gasteiger partial charge is 0.290 e. The fourth-order valence-corrected chi connectivity index (χ4v) is 0.675. The van der Waals surface area contributed by atoms with Gasteiger partial charge < -0.3 is 0 Å². The maximum absolute atomic E-state index is 11.3. The van der Waals surface area contributed by atoms with Crippen molar-refractivity contribution in [2.75, 3.05) is 0 Å². The van der Waals surface area contributed by atoms with Gasteiger partial charge in [0.05, 0.1) is 0 Å². The number of allylic oxidation sites excluding steroid dienone is 8. The van der Waals surface area contributed by atoms with Gasteiger partial charge >= 0.3 is 0 Å². The van der Waals surface area contributed by atoms with Crippen molar-refractivity contribution in [2.45, 2.75) is 27.7 Å². The summed E-state index contributed by atoms with van der Waals surface area (Å²) >= 11 is 0. The molecule has 0 atom stereocenters. The van der Waals surface area contributed by atoms with Gasteiger partial charge in [0.2, 0.25) is 0 Å². The van der Waals surface area contributed by atoms with Crippen LogP contribution >= 0.6 is 0 Å². The Balaban J connectivity index is 0. The second-order valence-corrected chi connectivity index (χ2v) is 3.13. The fourth-order valence-electron chi connectivity index (χ4n) is 0.675. The quantitative estimate of drug-likeness (QED) is 0.439. The Morgan fingerprint density at radius 3 is 1.40 bits per heavy atom. The molecule has 0 aliphatic carbocycles. The standard InChI is InChI=1S/C13H18O.Ru/c1-5-11(3)7-9-13(14)10-8-12(4)6-2;/h5-10H,1-4H3;. The van der Waals surface area contributed by atoms with Gasteiger partial charge in [-0.15, -0.1) is 0 Å². The van der Waals surface area contributed by atoms with E-state index < -0.39 is 0 Å². The van der Waals surface area contributed by atoms with Crippen LogP contribution in [-0.2, 0) is 24.3 Å². The first-order valence-corrected chi connectivity index (χ1v) is 4.76. The molecular formula is C13H18ORu. The predicted molar refractivity (Wildman–Crippen MR) is 62.1 cm³/mol. The molecule has 0 spiro atoms. The SMILES string of the molecule is CC=C(C)C=CC(=O)C=CC(C)=CC.[Ru]. The van der Waals surface area contributed by atoms with Gasteiger partial charge in [-0.05, 0) is 39.8 Å². The van der Waals surface area contributed by atoms with Crippen LogP contribution in [0.4, 0.5) is 0 Å². The first-order chi connectivity index (χ1) is 6.60. The number of rotatable bonds is 4. The summed E-state index contributed by atoms with van der Waals surface area (Å²) in [6.45, 7) is 7.82. The van der Waals surface area contributed by atoms with Crippen LogP contribution in [0, 0.1) is 0 Å². The zero-order valence-electron chi connectivity index (χ0n) is 9.73. The normalized spacial score (nSPS) is 13.3. The third-order valence-corrected chi connectivity index (χ3v) is 1.93. The maximum atomic E-state index is 11.3. The summed E-state index contributed by atoms with van der Waals surface area (Å²) in [7, 11) is 0. The molecule has 0 saturated carbocycles. The van der Waals surface area contributed by atoms with Crippen LogP contribution in [-0.4, -0.2) is 5.78 Å². The zero-order valence-corrected chi connectivity index (χ0v) is 11.5. The number of carbonyl (C=O) groups excluding carboxylic acids is 1. The molecule has 0 N–H and O–H groups in total. The van der Waals surface area contributed by atoms with E-state index in [-0.39, 0.29) is 25.3 Å². The van der Waals surface area contributed by atoms with Crippen molar-refractivity contribution in [3.63, 3.8) is 0 Å². The van der Waals surface area contributed by atoms with E-state index in [1.54, 1.807) is 12.2 Å². The molecule has 0 aliphatic rings. The Morgan fingerprint density at radius 2 is 1.13 bits per heavy atom. The van der Waals surface area contributed by atoms with Crippen molar-refractivity contribution in [1.82, 2.24) is 0 Å². The fraction of sp³-hybridized carbons (Fsp3) is 0.308. The summed E-state index contributed by atoms with van der Waals surface area (Å²) in [5, 5.41) is 0. The minimum Gasteiger partial charge on any atom is -0.290 e. The van der Waals surface area contributed by atoms with Crippen LogP contribution < -0.4 is 0 Å². The van der Waals surface area contributed by atoms with Crippen molar-refractivity contribution in [2.24, 2.45) is 0 Å². The Labute approximate surface area is 105 Å². The third-order valence-electron chi connectivity index (χ3n) is 1.93. The summed E-state index contributed by atoms with van der Waals surface area (Å²) in [5.41, 5.74) is 2.18. The van der Waals surface area contributed by atoms with Crippen LogP contribution in [0.3, 0.4) is 0 Å². The molecule has 0 saturated heterocycles. The summed E-state index contributed by atoms with van der Waals surface area (Å²) < 4.78 is 0. The Bertz CT molecular complexity index is 276. The molecule has 0 aromatic rings. The van der Waals surface area contributed by atoms with E-state index in [4.69, 9.17) is 0 Å². The molecule has 0 unspecified atom stereocenters. The van der Waals surface area contributed by atoms with Gasteiger partial charge in [-0.3, -0.25) is 4.79 Å². The number of carbonyl (C=O) groups is 1. The molecule has 15 heavy (non-hydrogen) atoms. The molecule has 0 amide bonds. The van der Waals surface area contributed by atoms with Crippen LogP contribution in [0.5, 0.6) is 0 Å². The first kappa shape index (κ1) is 16.7. The van der Waals surface area contributed by atoms with Crippen molar-refractivity contribution in [3.05, 3.63) is 47.6 Å². The predicted octanol–water partition coefficient (Wildman–Crippen LogP) is 3.60. The van der Waals surface area contributed by atoms with Crippen molar-refractivity contribution < 1.29 is 24.3 Å². The van der Waals surface area contributed by atoms with E-state index in [2.05, 4.69) is 0 Å². The molecule has 0 aliphatic heterocycles. The molecule has 0 rings (SSSR count).